The van der Waals surface area contributed by atoms with Crippen molar-refractivity contribution in [2.45, 2.75) is 32.0 Å². The summed E-state index contributed by atoms with van der Waals surface area (Å²) in [7, 11) is 0. The number of hydrogen-bond acceptors (Lipinski definition) is 2. The zero-order valence-electron chi connectivity index (χ0n) is 10.3. The highest BCUT2D eigenvalue weighted by Gasteiger charge is 2.36. The molecule has 0 bridgehead atoms. The summed E-state index contributed by atoms with van der Waals surface area (Å²) in [4.78, 5) is 2.51. The molecule has 2 atom stereocenters. The van der Waals surface area contributed by atoms with Crippen LogP contribution in [0.4, 0.5) is 0 Å². The number of ether oxygens (including phenoxy) is 1. The third kappa shape index (κ3) is 2.03. The summed E-state index contributed by atoms with van der Waals surface area (Å²) >= 11 is 0. The van der Waals surface area contributed by atoms with Gasteiger partial charge in [0.05, 0.1) is 12.6 Å². The van der Waals surface area contributed by atoms with E-state index >= 15 is 0 Å². The van der Waals surface area contributed by atoms with Gasteiger partial charge in [-0.2, -0.15) is 0 Å². The van der Waals surface area contributed by atoms with Crippen molar-refractivity contribution in [2.24, 2.45) is 0 Å². The Bertz CT molecular complexity index is 412. The predicted octanol–water partition coefficient (Wildman–Crippen LogP) is 3.13. The molecule has 0 aliphatic carbocycles. The second-order valence-electron chi connectivity index (χ2n) is 4.84. The molecule has 1 saturated heterocycles. The lowest BCUT2D eigenvalue weighted by atomic mass is 10.0. The molecule has 3 rings (SSSR count). The Hall–Kier alpha value is -1.12. The Kier molecular flexibility index (Phi) is 3.00. The summed E-state index contributed by atoms with van der Waals surface area (Å²) in [6.45, 7) is 4.14. The minimum absolute atomic E-state index is 0.301. The van der Waals surface area contributed by atoms with Crippen LogP contribution in [-0.2, 0) is 4.74 Å². The molecule has 2 aliphatic heterocycles. The zero-order valence-corrected chi connectivity index (χ0v) is 10.3. The van der Waals surface area contributed by atoms with Crippen LogP contribution in [0.3, 0.4) is 0 Å². The van der Waals surface area contributed by atoms with Gasteiger partial charge in [-0.25, -0.2) is 0 Å². The highest BCUT2D eigenvalue weighted by atomic mass is 16.5. The first kappa shape index (κ1) is 11.0. The van der Waals surface area contributed by atoms with E-state index in [-0.39, 0.29) is 0 Å². The van der Waals surface area contributed by atoms with E-state index in [2.05, 4.69) is 48.2 Å². The maximum atomic E-state index is 5.90. The van der Waals surface area contributed by atoms with Gasteiger partial charge in [-0.15, -0.1) is 0 Å². The van der Waals surface area contributed by atoms with Crippen LogP contribution in [-0.4, -0.2) is 24.3 Å². The Morgan fingerprint density at radius 2 is 2.12 bits per heavy atom. The van der Waals surface area contributed by atoms with Gasteiger partial charge in [-0.3, -0.25) is 4.90 Å². The molecule has 1 aromatic carbocycles. The third-order valence-corrected chi connectivity index (χ3v) is 3.85. The van der Waals surface area contributed by atoms with Gasteiger partial charge in [0.15, 0.2) is 0 Å². The molecule has 1 fully saturated rings. The average molecular weight is 229 g/mol. The van der Waals surface area contributed by atoms with Gasteiger partial charge in [-0.1, -0.05) is 48.9 Å². The minimum atomic E-state index is 0.301. The quantitative estimate of drug-likeness (QED) is 0.722. The Labute approximate surface area is 103 Å². The Morgan fingerprint density at radius 1 is 1.29 bits per heavy atom. The molecule has 2 heteroatoms. The number of fused-ring (bicyclic) bond motifs is 1. The first-order chi connectivity index (χ1) is 8.38. The maximum absolute atomic E-state index is 5.90. The van der Waals surface area contributed by atoms with Crippen molar-refractivity contribution in [3.05, 3.63) is 47.5 Å². The molecule has 0 unspecified atom stereocenters. The summed E-state index contributed by atoms with van der Waals surface area (Å²) in [5, 5.41) is 0. The normalized spacial score (nSPS) is 28.9. The fourth-order valence-corrected chi connectivity index (χ4v) is 2.80. The van der Waals surface area contributed by atoms with Crippen LogP contribution in [0.15, 0.2) is 42.0 Å². The average Bonchev–Trinajstić information content (AvgIpc) is 2.82. The molecule has 0 saturated carbocycles. The molecule has 2 heterocycles. The lowest BCUT2D eigenvalue weighted by molar-refractivity contribution is 0.0318. The molecule has 2 nitrogen and oxygen atoms in total. The van der Waals surface area contributed by atoms with Crippen molar-refractivity contribution in [3.63, 3.8) is 0 Å². The molecule has 0 amide bonds. The first-order valence-corrected chi connectivity index (χ1v) is 6.48. The van der Waals surface area contributed by atoms with E-state index in [4.69, 9.17) is 4.74 Å². The lowest BCUT2D eigenvalue weighted by Crippen LogP contribution is -2.36. The SMILES string of the molecule is CCC1=CC[C@H]2OC[C@@H](c3ccccc3)N2C1. The molecule has 90 valence electrons. The maximum Gasteiger partial charge on any atom is 0.115 e. The molecule has 0 aromatic heterocycles. The van der Waals surface area contributed by atoms with E-state index in [0.29, 0.717) is 12.3 Å². The van der Waals surface area contributed by atoms with Crippen LogP contribution >= 0.6 is 0 Å². The van der Waals surface area contributed by atoms with Crippen LogP contribution in [0.1, 0.15) is 31.4 Å². The smallest absolute Gasteiger partial charge is 0.115 e. The molecule has 0 spiro atoms. The van der Waals surface area contributed by atoms with E-state index in [1.807, 2.05) is 0 Å². The van der Waals surface area contributed by atoms with Gasteiger partial charge < -0.3 is 4.74 Å². The van der Waals surface area contributed by atoms with Gasteiger partial charge in [-0.05, 0) is 12.0 Å². The van der Waals surface area contributed by atoms with Crippen molar-refractivity contribution in [1.29, 1.82) is 0 Å². The van der Waals surface area contributed by atoms with E-state index in [1.54, 1.807) is 5.57 Å². The fourth-order valence-electron chi connectivity index (χ4n) is 2.80. The van der Waals surface area contributed by atoms with Crippen molar-refractivity contribution >= 4 is 0 Å². The van der Waals surface area contributed by atoms with Crippen LogP contribution in [0.2, 0.25) is 0 Å². The van der Waals surface area contributed by atoms with Crippen LogP contribution in [0.25, 0.3) is 0 Å². The topological polar surface area (TPSA) is 12.5 Å². The molecular weight excluding hydrogens is 210 g/mol. The van der Waals surface area contributed by atoms with Crippen molar-refractivity contribution in [1.82, 2.24) is 4.90 Å². The van der Waals surface area contributed by atoms with E-state index in [1.165, 1.54) is 5.56 Å². The minimum Gasteiger partial charge on any atom is -0.361 e. The van der Waals surface area contributed by atoms with Crippen molar-refractivity contribution in [2.75, 3.05) is 13.2 Å². The molecule has 17 heavy (non-hydrogen) atoms. The largest absolute Gasteiger partial charge is 0.361 e. The summed E-state index contributed by atoms with van der Waals surface area (Å²) in [5.41, 5.74) is 2.93. The van der Waals surface area contributed by atoms with Crippen LogP contribution in [0.5, 0.6) is 0 Å². The summed E-state index contributed by atoms with van der Waals surface area (Å²) in [6.07, 6.45) is 4.86. The van der Waals surface area contributed by atoms with E-state index in [0.717, 1.165) is 26.0 Å². The first-order valence-electron chi connectivity index (χ1n) is 6.48. The van der Waals surface area contributed by atoms with Crippen molar-refractivity contribution in [3.8, 4) is 0 Å². The predicted molar refractivity (Wildman–Crippen MR) is 68.6 cm³/mol. The molecule has 0 N–H and O–H groups in total. The number of nitrogens with zero attached hydrogens (tertiary/aromatic N) is 1. The highest BCUT2D eigenvalue weighted by molar-refractivity contribution is 5.22. The van der Waals surface area contributed by atoms with E-state index in [9.17, 15) is 0 Å². The second kappa shape index (κ2) is 4.63. The molecule has 2 aliphatic rings. The standard InChI is InChI=1S/C15H19NO/c1-2-12-8-9-15-16(10-12)14(11-17-15)13-6-4-3-5-7-13/h3-8,14-15H,2,9-11H2,1H3/t14-,15+/m0/s1. The van der Waals surface area contributed by atoms with Crippen LogP contribution < -0.4 is 0 Å². The van der Waals surface area contributed by atoms with E-state index < -0.39 is 0 Å². The van der Waals surface area contributed by atoms with Gasteiger partial charge in [0, 0.05) is 13.0 Å². The summed E-state index contributed by atoms with van der Waals surface area (Å²) in [5.74, 6) is 0. The van der Waals surface area contributed by atoms with Gasteiger partial charge in [0.25, 0.3) is 0 Å². The summed E-state index contributed by atoms with van der Waals surface area (Å²) in [6, 6.07) is 11.2. The van der Waals surface area contributed by atoms with Crippen LogP contribution in [0, 0.1) is 0 Å². The third-order valence-electron chi connectivity index (χ3n) is 3.85. The number of rotatable bonds is 2. The molecule has 0 radical (unpaired) electrons. The van der Waals surface area contributed by atoms with Gasteiger partial charge in [0.2, 0.25) is 0 Å². The number of benzene rings is 1. The highest BCUT2D eigenvalue weighted by Crippen LogP contribution is 2.35. The lowest BCUT2D eigenvalue weighted by Gasteiger charge is -2.32. The second-order valence-corrected chi connectivity index (χ2v) is 4.84. The molecule has 1 aromatic rings. The monoisotopic (exact) mass is 229 g/mol. The molecular formula is C15H19NO. The Morgan fingerprint density at radius 3 is 2.88 bits per heavy atom. The van der Waals surface area contributed by atoms with Crippen molar-refractivity contribution < 1.29 is 4.74 Å². The number of hydrogen-bond donors (Lipinski definition) is 0. The zero-order chi connectivity index (χ0) is 11.7. The fraction of sp³-hybridized carbons (Fsp3) is 0.467. The Balaban J connectivity index is 1.82. The van der Waals surface area contributed by atoms with Gasteiger partial charge in [0.1, 0.15) is 6.23 Å². The summed E-state index contributed by atoms with van der Waals surface area (Å²) < 4.78 is 5.90. The van der Waals surface area contributed by atoms with Gasteiger partial charge >= 0.3 is 0 Å².